The van der Waals surface area contributed by atoms with Crippen molar-refractivity contribution in [2.75, 3.05) is 13.7 Å². The molecule has 0 heterocycles. The summed E-state index contributed by atoms with van der Waals surface area (Å²) in [6.45, 7) is 3.99. The molecule has 0 aliphatic rings. The molecule has 0 fully saturated rings. The van der Waals surface area contributed by atoms with Gasteiger partial charge in [0.2, 0.25) is 5.75 Å². The Kier molecular flexibility index (Phi) is 7.53. The number of nitrogens with zero attached hydrogens (tertiary/aromatic N) is 2. The largest absolute Gasteiger partial charge is 0.504 e. The molecule has 0 saturated heterocycles. The summed E-state index contributed by atoms with van der Waals surface area (Å²) in [5.74, 6) is -0.178. The van der Waals surface area contributed by atoms with Crippen LogP contribution in [-0.4, -0.2) is 35.9 Å². The van der Waals surface area contributed by atoms with E-state index >= 15 is 0 Å². The van der Waals surface area contributed by atoms with Crippen LogP contribution in [0.5, 0.6) is 17.2 Å². The highest BCUT2D eigenvalue weighted by molar-refractivity contribution is 5.89. The number of carbonyl (C=O) groups excluding carboxylic acids is 1. The van der Waals surface area contributed by atoms with E-state index in [4.69, 9.17) is 9.47 Å². The van der Waals surface area contributed by atoms with E-state index in [1.54, 1.807) is 12.1 Å². The van der Waals surface area contributed by atoms with E-state index in [1.807, 2.05) is 12.1 Å². The number of ether oxygens (including phenoxy) is 2. The van der Waals surface area contributed by atoms with Gasteiger partial charge in [0, 0.05) is 0 Å². The first-order chi connectivity index (χ1) is 13.9. The normalized spacial score (nSPS) is 11.8. The number of nitrogens with one attached hydrogen (secondary N) is 1. The lowest BCUT2D eigenvalue weighted by molar-refractivity contribution is -0.386. The van der Waals surface area contributed by atoms with Crippen LogP contribution >= 0.6 is 0 Å². The summed E-state index contributed by atoms with van der Waals surface area (Å²) < 4.78 is 10.3. The molecule has 9 nitrogen and oxygen atoms in total. The number of phenols is 1. The van der Waals surface area contributed by atoms with Crippen LogP contribution in [0.1, 0.15) is 37.3 Å². The van der Waals surface area contributed by atoms with Crippen molar-refractivity contribution in [1.29, 1.82) is 0 Å². The van der Waals surface area contributed by atoms with Crippen LogP contribution in [0.3, 0.4) is 0 Å². The van der Waals surface area contributed by atoms with Crippen molar-refractivity contribution in [3.8, 4) is 17.2 Å². The van der Waals surface area contributed by atoms with Crippen molar-refractivity contribution in [3.63, 3.8) is 0 Å². The minimum atomic E-state index is -0.700. The molecule has 0 radical (unpaired) electrons. The molecule has 0 unspecified atom stereocenters. The van der Waals surface area contributed by atoms with Gasteiger partial charge >= 0.3 is 5.69 Å². The second kappa shape index (κ2) is 10.1. The topological polar surface area (TPSA) is 123 Å². The molecule has 1 amide bonds. The third kappa shape index (κ3) is 5.68. The van der Waals surface area contributed by atoms with Crippen LogP contribution in [0.25, 0.3) is 0 Å². The number of benzene rings is 2. The predicted molar refractivity (Wildman–Crippen MR) is 108 cm³/mol. The number of amides is 1. The predicted octanol–water partition coefficient (Wildman–Crippen LogP) is 3.35. The molecule has 0 aliphatic carbocycles. The Balaban J connectivity index is 1.96. The highest BCUT2D eigenvalue weighted by Gasteiger charge is 2.23. The molecule has 2 rings (SSSR count). The molecule has 1 atom stereocenters. The van der Waals surface area contributed by atoms with Crippen LogP contribution < -0.4 is 14.9 Å². The maximum Gasteiger partial charge on any atom is 0.323 e. The first-order valence-corrected chi connectivity index (χ1v) is 8.96. The summed E-state index contributed by atoms with van der Waals surface area (Å²) >= 11 is 0. The standard InChI is InChI=1S/C20H23N3O6/c1-4-13(2)14-5-8-16(9-6-14)29-12-18(25)22-21-11-15-7-10-17(24)20(28-3)19(15)23(26)27/h5-11,13,24H,4,12H2,1-3H3,(H,22,25)/b21-11+/t13-/m0/s1. The fourth-order valence-corrected chi connectivity index (χ4v) is 2.55. The van der Waals surface area contributed by atoms with Gasteiger partial charge in [-0.2, -0.15) is 5.10 Å². The molecular formula is C20H23N3O6. The number of phenolic OH excluding ortho intramolecular Hbond substituents is 1. The molecule has 154 valence electrons. The van der Waals surface area contributed by atoms with Crippen molar-refractivity contribution in [2.24, 2.45) is 5.10 Å². The van der Waals surface area contributed by atoms with Crippen LogP contribution in [0.4, 0.5) is 5.69 Å². The number of hydrogen-bond donors (Lipinski definition) is 2. The monoisotopic (exact) mass is 401 g/mol. The van der Waals surface area contributed by atoms with E-state index in [0.29, 0.717) is 11.7 Å². The molecule has 29 heavy (non-hydrogen) atoms. The van der Waals surface area contributed by atoms with Gasteiger partial charge in [0.05, 0.1) is 23.8 Å². The van der Waals surface area contributed by atoms with Gasteiger partial charge in [-0.3, -0.25) is 14.9 Å². The second-order valence-electron chi connectivity index (χ2n) is 6.27. The molecule has 9 heteroatoms. The summed E-state index contributed by atoms with van der Waals surface area (Å²) in [5, 5.41) is 24.6. The fourth-order valence-electron chi connectivity index (χ4n) is 2.55. The van der Waals surface area contributed by atoms with Crippen molar-refractivity contribution < 1.29 is 24.3 Å². The Bertz CT molecular complexity index is 896. The highest BCUT2D eigenvalue weighted by atomic mass is 16.6. The Morgan fingerprint density at radius 2 is 2.00 bits per heavy atom. The Morgan fingerprint density at radius 1 is 1.31 bits per heavy atom. The van der Waals surface area contributed by atoms with Gasteiger partial charge in [-0.25, -0.2) is 5.43 Å². The second-order valence-corrected chi connectivity index (χ2v) is 6.27. The summed E-state index contributed by atoms with van der Waals surface area (Å²) in [6, 6.07) is 10.0. The maximum absolute atomic E-state index is 11.9. The molecule has 2 N–H and O–H groups in total. The molecule has 2 aromatic rings. The number of carbonyl (C=O) groups is 1. The minimum absolute atomic E-state index is 0.0616. The van der Waals surface area contributed by atoms with Gasteiger partial charge in [0.1, 0.15) is 5.75 Å². The van der Waals surface area contributed by atoms with Crippen molar-refractivity contribution in [2.45, 2.75) is 26.2 Å². The zero-order valence-corrected chi connectivity index (χ0v) is 16.4. The van der Waals surface area contributed by atoms with E-state index in [1.165, 1.54) is 24.8 Å². The van der Waals surface area contributed by atoms with Gasteiger partial charge in [0.25, 0.3) is 5.91 Å². The van der Waals surface area contributed by atoms with E-state index in [-0.39, 0.29) is 23.7 Å². The van der Waals surface area contributed by atoms with Crippen LogP contribution in [0, 0.1) is 10.1 Å². The molecule has 2 aromatic carbocycles. The van der Waals surface area contributed by atoms with Crippen LogP contribution in [0.2, 0.25) is 0 Å². The number of hydrogen-bond acceptors (Lipinski definition) is 7. The SMILES string of the molecule is CC[C@H](C)c1ccc(OCC(=O)N/N=C/c2ccc(O)c(OC)c2[N+](=O)[O-])cc1. The number of methoxy groups -OCH3 is 1. The zero-order valence-electron chi connectivity index (χ0n) is 16.4. The van der Waals surface area contributed by atoms with Crippen molar-refractivity contribution >= 4 is 17.8 Å². The highest BCUT2D eigenvalue weighted by Crippen LogP contribution is 2.37. The van der Waals surface area contributed by atoms with E-state index < -0.39 is 16.5 Å². The third-order valence-corrected chi connectivity index (χ3v) is 4.35. The smallest absolute Gasteiger partial charge is 0.323 e. The number of nitro benzene ring substituents is 1. The van der Waals surface area contributed by atoms with Crippen molar-refractivity contribution in [1.82, 2.24) is 5.43 Å². The zero-order chi connectivity index (χ0) is 21.4. The molecule has 0 bridgehead atoms. The first kappa shape index (κ1) is 21.7. The number of hydrazone groups is 1. The van der Waals surface area contributed by atoms with Gasteiger partial charge in [0.15, 0.2) is 12.4 Å². The van der Waals surface area contributed by atoms with Crippen molar-refractivity contribution in [3.05, 3.63) is 57.6 Å². The van der Waals surface area contributed by atoms with Gasteiger partial charge < -0.3 is 14.6 Å². The summed E-state index contributed by atoms with van der Waals surface area (Å²) in [5.41, 5.74) is 3.04. The fraction of sp³-hybridized carbons (Fsp3) is 0.300. The first-order valence-electron chi connectivity index (χ1n) is 8.96. The lowest BCUT2D eigenvalue weighted by Crippen LogP contribution is -2.24. The minimum Gasteiger partial charge on any atom is -0.504 e. The molecule has 0 aliphatic heterocycles. The number of rotatable bonds is 9. The van der Waals surface area contributed by atoms with Crippen LogP contribution in [-0.2, 0) is 4.79 Å². The summed E-state index contributed by atoms with van der Waals surface area (Å²) in [6.07, 6.45) is 2.13. The quantitative estimate of drug-likeness (QED) is 0.377. The summed E-state index contributed by atoms with van der Waals surface area (Å²) in [7, 11) is 1.21. The average molecular weight is 401 g/mol. The van der Waals surface area contributed by atoms with E-state index in [9.17, 15) is 20.0 Å². The lowest BCUT2D eigenvalue weighted by Gasteiger charge is -2.10. The third-order valence-electron chi connectivity index (χ3n) is 4.35. The van der Waals surface area contributed by atoms with Gasteiger partial charge in [-0.1, -0.05) is 26.0 Å². The lowest BCUT2D eigenvalue weighted by atomic mass is 9.99. The van der Waals surface area contributed by atoms with E-state index in [0.717, 1.165) is 12.6 Å². The average Bonchev–Trinajstić information content (AvgIpc) is 2.72. The maximum atomic E-state index is 11.9. The Morgan fingerprint density at radius 3 is 2.59 bits per heavy atom. The Hall–Kier alpha value is -3.62. The number of nitro groups is 1. The van der Waals surface area contributed by atoms with Crippen LogP contribution in [0.15, 0.2) is 41.5 Å². The van der Waals surface area contributed by atoms with Gasteiger partial charge in [-0.05, 0) is 42.2 Å². The molecule has 0 spiro atoms. The Labute approximate surface area is 168 Å². The summed E-state index contributed by atoms with van der Waals surface area (Å²) in [4.78, 5) is 22.4. The number of aromatic hydroxyl groups is 1. The molecule has 0 aromatic heterocycles. The van der Waals surface area contributed by atoms with E-state index in [2.05, 4.69) is 24.4 Å². The van der Waals surface area contributed by atoms with Gasteiger partial charge in [-0.15, -0.1) is 0 Å². The molecule has 0 saturated carbocycles. The molecular weight excluding hydrogens is 378 g/mol.